The molecule has 0 saturated heterocycles. The van der Waals surface area contributed by atoms with E-state index < -0.39 is 5.60 Å². The highest BCUT2D eigenvalue weighted by molar-refractivity contribution is 5.79. The summed E-state index contributed by atoms with van der Waals surface area (Å²) in [6, 6.07) is 12.2. The van der Waals surface area contributed by atoms with Crippen LogP contribution >= 0.6 is 0 Å². The van der Waals surface area contributed by atoms with E-state index in [4.69, 9.17) is 4.42 Å². The predicted octanol–water partition coefficient (Wildman–Crippen LogP) is 2.93. The molecule has 3 rings (SSSR count). The summed E-state index contributed by atoms with van der Waals surface area (Å²) in [5.41, 5.74) is 1.25. The van der Waals surface area contributed by atoms with Crippen LogP contribution in [0.3, 0.4) is 0 Å². The zero-order chi connectivity index (χ0) is 20.0. The first-order valence-electron chi connectivity index (χ1n) is 9.78. The highest BCUT2D eigenvalue weighted by atomic mass is 16.4. The van der Waals surface area contributed by atoms with E-state index in [2.05, 4.69) is 56.9 Å². The van der Waals surface area contributed by atoms with E-state index in [1.165, 1.54) is 5.69 Å². The lowest BCUT2D eigenvalue weighted by Gasteiger charge is -2.23. The van der Waals surface area contributed by atoms with Crippen molar-refractivity contribution in [3.8, 4) is 0 Å². The molecule has 0 amide bonds. The number of nitrogens with one attached hydrogen (secondary N) is 2. The molecule has 1 aromatic carbocycles. The van der Waals surface area contributed by atoms with Gasteiger partial charge in [-0.2, -0.15) is 0 Å². The van der Waals surface area contributed by atoms with E-state index in [0.717, 1.165) is 31.0 Å². The zero-order valence-electron chi connectivity index (χ0n) is 16.9. The lowest BCUT2D eigenvalue weighted by molar-refractivity contribution is 0.0378. The molecule has 6 nitrogen and oxygen atoms in total. The second-order valence-electron chi connectivity index (χ2n) is 7.28. The highest BCUT2D eigenvalue weighted by Crippen LogP contribution is 2.22. The van der Waals surface area contributed by atoms with Gasteiger partial charge in [0, 0.05) is 25.3 Å². The molecule has 0 aliphatic carbocycles. The molecule has 0 fully saturated rings. The number of anilines is 1. The van der Waals surface area contributed by atoms with Crippen molar-refractivity contribution in [3.05, 3.63) is 65.6 Å². The second-order valence-corrected chi connectivity index (χ2v) is 7.28. The Labute approximate surface area is 167 Å². The molecule has 2 aromatic rings. The van der Waals surface area contributed by atoms with E-state index in [1.54, 1.807) is 13.0 Å². The Morgan fingerprint density at radius 2 is 1.86 bits per heavy atom. The van der Waals surface area contributed by atoms with Gasteiger partial charge >= 0.3 is 0 Å². The second kappa shape index (κ2) is 8.97. The van der Waals surface area contributed by atoms with Gasteiger partial charge in [-0.25, -0.2) is 4.99 Å². The van der Waals surface area contributed by atoms with Gasteiger partial charge in [0.15, 0.2) is 5.96 Å². The lowest BCUT2D eigenvalue weighted by atomic mass is 10.0. The van der Waals surface area contributed by atoms with Crippen molar-refractivity contribution in [2.45, 2.75) is 32.9 Å². The number of hydrogen-bond donors (Lipinski definition) is 3. The van der Waals surface area contributed by atoms with Gasteiger partial charge in [-0.1, -0.05) is 24.3 Å². The van der Waals surface area contributed by atoms with Crippen LogP contribution in [0.25, 0.3) is 0 Å². The number of nitrogens with zero attached hydrogens (tertiary/aromatic N) is 2. The molecular formula is C22H30N4O2. The number of rotatable bonds is 7. The Morgan fingerprint density at radius 1 is 1.14 bits per heavy atom. The quantitative estimate of drug-likeness (QED) is 0.390. The number of guanidine groups is 1. The van der Waals surface area contributed by atoms with Gasteiger partial charge in [0.05, 0.1) is 13.1 Å². The minimum Gasteiger partial charge on any atom is -0.463 e. The fourth-order valence-corrected chi connectivity index (χ4v) is 3.08. The van der Waals surface area contributed by atoms with Gasteiger partial charge in [-0.3, -0.25) is 0 Å². The third-order valence-electron chi connectivity index (χ3n) is 4.75. The maximum atomic E-state index is 10.7. The molecule has 28 heavy (non-hydrogen) atoms. The van der Waals surface area contributed by atoms with Gasteiger partial charge < -0.3 is 25.1 Å². The van der Waals surface area contributed by atoms with Crippen LogP contribution in [0.1, 0.15) is 30.9 Å². The molecular weight excluding hydrogens is 352 g/mol. The van der Waals surface area contributed by atoms with Crippen molar-refractivity contribution in [3.63, 3.8) is 0 Å². The van der Waals surface area contributed by atoms with E-state index in [0.29, 0.717) is 24.8 Å². The molecule has 1 atom stereocenters. The van der Waals surface area contributed by atoms with Crippen LogP contribution in [0.4, 0.5) is 5.69 Å². The van der Waals surface area contributed by atoms with Gasteiger partial charge in [0.2, 0.25) is 0 Å². The Morgan fingerprint density at radius 3 is 2.46 bits per heavy atom. The summed E-state index contributed by atoms with van der Waals surface area (Å²) in [6.07, 6.45) is 4.37. The summed E-state index contributed by atoms with van der Waals surface area (Å²) in [5, 5.41) is 17.1. The van der Waals surface area contributed by atoms with E-state index in [9.17, 15) is 5.11 Å². The van der Waals surface area contributed by atoms with Crippen LogP contribution < -0.4 is 15.5 Å². The number of furan rings is 1. The summed E-state index contributed by atoms with van der Waals surface area (Å²) >= 11 is 0. The summed E-state index contributed by atoms with van der Waals surface area (Å²) < 4.78 is 5.56. The molecule has 3 N–H and O–H groups in total. The molecule has 0 spiro atoms. The number of aliphatic hydroxyl groups is 1. The maximum absolute atomic E-state index is 10.7. The first-order valence-corrected chi connectivity index (χ1v) is 9.78. The molecule has 0 radical (unpaired) electrons. The lowest BCUT2D eigenvalue weighted by Crippen LogP contribution is -2.44. The average molecular weight is 383 g/mol. The van der Waals surface area contributed by atoms with Crippen molar-refractivity contribution in [1.29, 1.82) is 0 Å². The first-order chi connectivity index (χ1) is 13.5. The van der Waals surface area contributed by atoms with Crippen molar-refractivity contribution in [2.24, 2.45) is 4.99 Å². The molecule has 1 aliphatic heterocycles. The topological polar surface area (TPSA) is 73.0 Å². The molecule has 1 aliphatic rings. The Balaban J connectivity index is 1.59. The fourth-order valence-electron chi connectivity index (χ4n) is 3.08. The van der Waals surface area contributed by atoms with Crippen LogP contribution in [-0.4, -0.2) is 37.2 Å². The largest absolute Gasteiger partial charge is 0.463 e. The highest BCUT2D eigenvalue weighted by Gasteiger charge is 2.27. The summed E-state index contributed by atoms with van der Waals surface area (Å²) in [5.74, 6) is 1.99. The first kappa shape index (κ1) is 20.0. The van der Waals surface area contributed by atoms with Crippen LogP contribution in [0.5, 0.6) is 0 Å². The minimum atomic E-state index is -1.12. The van der Waals surface area contributed by atoms with E-state index in [-0.39, 0.29) is 0 Å². The Hall–Kier alpha value is -2.73. The average Bonchev–Trinajstić information content (AvgIpc) is 3.37. The van der Waals surface area contributed by atoms with Crippen LogP contribution in [0.2, 0.25) is 0 Å². The normalized spacial score (nSPS) is 16.3. The molecule has 150 valence electrons. The summed E-state index contributed by atoms with van der Waals surface area (Å²) in [7, 11) is 0. The Kier molecular flexibility index (Phi) is 6.41. The van der Waals surface area contributed by atoms with E-state index >= 15 is 0 Å². The Bertz CT molecular complexity index is 813. The number of hydrogen-bond acceptors (Lipinski definition) is 4. The van der Waals surface area contributed by atoms with Gasteiger partial charge in [-0.05, 0) is 50.6 Å². The van der Waals surface area contributed by atoms with E-state index in [1.807, 2.05) is 19.9 Å². The van der Waals surface area contributed by atoms with Crippen molar-refractivity contribution < 1.29 is 9.52 Å². The fraction of sp³-hybridized carbons (Fsp3) is 0.409. The molecule has 1 unspecified atom stereocenters. The van der Waals surface area contributed by atoms with Gasteiger partial charge in [0.25, 0.3) is 0 Å². The zero-order valence-corrected chi connectivity index (χ0v) is 16.9. The molecule has 2 heterocycles. The third-order valence-corrected chi connectivity index (χ3v) is 4.75. The predicted molar refractivity (Wildman–Crippen MR) is 114 cm³/mol. The third kappa shape index (κ3) is 5.16. The molecule has 6 heteroatoms. The SMILES string of the molecule is CCNC(=NCc1ccc(N2CC=CC2)cc1)NCC(C)(O)c1ccc(C)o1. The van der Waals surface area contributed by atoms with Crippen molar-refractivity contribution in [1.82, 2.24) is 10.6 Å². The van der Waals surface area contributed by atoms with Crippen molar-refractivity contribution >= 4 is 11.6 Å². The van der Waals surface area contributed by atoms with Crippen LogP contribution in [0.15, 0.2) is 58.0 Å². The van der Waals surface area contributed by atoms with Crippen LogP contribution in [0, 0.1) is 6.92 Å². The van der Waals surface area contributed by atoms with Gasteiger partial charge in [0.1, 0.15) is 17.1 Å². The summed E-state index contributed by atoms with van der Waals surface area (Å²) in [4.78, 5) is 6.96. The van der Waals surface area contributed by atoms with Crippen molar-refractivity contribution in [2.75, 3.05) is 31.1 Å². The van der Waals surface area contributed by atoms with Crippen LogP contribution in [-0.2, 0) is 12.1 Å². The summed E-state index contributed by atoms with van der Waals surface area (Å²) in [6.45, 7) is 9.17. The number of aryl methyl sites for hydroxylation is 1. The monoisotopic (exact) mass is 382 g/mol. The molecule has 1 aromatic heterocycles. The molecule has 0 bridgehead atoms. The standard InChI is InChI=1S/C22H30N4O2/c1-4-23-21(25-16-22(3,27)20-12-7-17(2)28-20)24-15-18-8-10-19(11-9-18)26-13-5-6-14-26/h5-12,27H,4,13-16H2,1-3H3,(H2,23,24,25). The minimum absolute atomic E-state index is 0.298. The molecule has 0 saturated carbocycles. The number of benzene rings is 1. The smallest absolute Gasteiger partial charge is 0.191 e. The van der Waals surface area contributed by atoms with Gasteiger partial charge in [-0.15, -0.1) is 0 Å². The maximum Gasteiger partial charge on any atom is 0.191 e. The number of aliphatic imine (C=N–C) groups is 1.